The van der Waals surface area contributed by atoms with E-state index in [2.05, 4.69) is 15.5 Å². The summed E-state index contributed by atoms with van der Waals surface area (Å²) < 4.78 is 12.8. The van der Waals surface area contributed by atoms with Crippen molar-refractivity contribution < 1.29 is 23.8 Å². The van der Waals surface area contributed by atoms with Crippen molar-refractivity contribution in [2.75, 3.05) is 17.7 Å². The zero-order chi connectivity index (χ0) is 23.2. The van der Waals surface area contributed by atoms with Crippen LogP contribution in [0.4, 0.5) is 5.69 Å². The number of carboxylic acid groups (broad SMARTS) is 1. The Morgan fingerprint density at radius 2 is 1.94 bits per heavy atom. The lowest BCUT2D eigenvalue weighted by Gasteiger charge is -2.11. The standard InChI is InChI=1S/C23H20N4O5S/c1-2-31-18-10-8-17(9-11-18)27-21(19-7-4-12-32-19)25-26-23(27)33-14-20(28)24-16-6-3-5-15(13-16)22(29)30/h3-13H,2,14H2,1H3,(H,24,28)(H,29,30). The van der Waals surface area contributed by atoms with E-state index >= 15 is 0 Å². The molecule has 0 saturated carbocycles. The highest BCUT2D eigenvalue weighted by Crippen LogP contribution is 2.29. The summed E-state index contributed by atoms with van der Waals surface area (Å²) in [6.07, 6.45) is 1.55. The number of aromatic nitrogens is 3. The topological polar surface area (TPSA) is 119 Å². The second kappa shape index (κ2) is 10.0. The fourth-order valence-electron chi connectivity index (χ4n) is 3.08. The van der Waals surface area contributed by atoms with Gasteiger partial charge >= 0.3 is 5.97 Å². The first-order valence-electron chi connectivity index (χ1n) is 10.0. The van der Waals surface area contributed by atoms with E-state index in [0.717, 1.165) is 11.4 Å². The van der Waals surface area contributed by atoms with Crippen LogP contribution in [0.5, 0.6) is 5.75 Å². The van der Waals surface area contributed by atoms with E-state index in [1.54, 1.807) is 35.1 Å². The summed E-state index contributed by atoms with van der Waals surface area (Å²) in [4.78, 5) is 23.6. The number of nitrogens with zero attached hydrogens (tertiary/aromatic N) is 3. The average Bonchev–Trinajstić information content (AvgIpc) is 3.48. The third kappa shape index (κ3) is 5.24. The number of carboxylic acids is 1. The lowest BCUT2D eigenvalue weighted by atomic mass is 10.2. The van der Waals surface area contributed by atoms with E-state index in [-0.39, 0.29) is 17.2 Å². The minimum Gasteiger partial charge on any atom is -0.494 e. The molecule has 2 aromatic carbocycles. The summed E-state index contributed by atoms with van der Waals surface area (Å²) in [7, 11) is 0. The minimum atomic E-state index is -1.06. The van der Waals surface area contributed by atoms with E-state index < -0.39 is 5.97 Å². The van der Waals surface area contributed by atoms with Crippen LogP contribution >= 0.6 is 11.8 Å². The van der Waals surface area contributed by atoms with Crippen LogP contribution in [0.3, 0.4) is 0 Å². The molecule has 33 heavy (non-hydrogen) atoms. The molecular formula is C23H20N4O5S. The van der Waals surface area contributed by atoms with Gasteiger partial charge in [-0.05, 0) is 61.5 Å². The van der Waals surface area contributed by atoms with Gasteiger partial charge in [-0.15, -0.1) is 10.2 Å². The van der Waals surface area contributed by atoms with Crippen LogP contribution in [0.1, 0.15) is 17.3 Å². The molecule has 168 valence electrons. The zero-order valence-corrected chi connectivity index (χ0v) is 18.4. The number of ether oxygens (including phenoxy) is 1. The smallest absolute Gasteiger partial charge is 0.335 e. The first-order chi connectivity index (χ1) is 16.0. The number of carbonyl (C=O) groups excluding carboxylic acids is 1. The van der Waals surface area contributed by atoms with Crippen molar-refractivity contribution in [1.29, 1.82) is 0 Å². The number of nitrogens with one attached hydrogen (secondary N) is 1. The molecule has 2 heterocycles. The van der Waals surface area contributed by atoms with Crippen LogP contribution in [0.25, 0.3) is 17.3 Å². The maximum absolute atomic E-state index is 12.5. The molecule has 0 bridgehead atoms. The van der Waals surface area contributed by atoms with Crippen LogP contribution < -0.4 is 10.1 Å². The van der Waals surface area contributed by atoms with E-state index in [0.29, 0.717) is 29.0 Å². The molecule has 4 aromatic rings. The third-order valence-corrected chi connectivity index (χ3v) is 5.44. The normalized spacial score (nSPS) is 10.7. The Morgan fingerprint density at radius 1 is 1.12 bits per heavy atom. The van der Waals surface area contributed by atoms with Crippen LogP contribution in [0.2, 0.25) is 0 Å². The number of hydrogen-bond acceptors (Lipinski definition) is 7. The van der Waals surface area contributed by atoms with E-state index in [1.165, 1.54) is 23.9 Å². The molecule has 0 unspecified atom stereocenters. The lowest BCUT2D eigenvalue weighted by Crippen LogP contribution is -2.15. The number of rotatable bonds is 9. The van der Waals surface area contributed by atoms with Gasteiger partial charge in [0.15, 0.2) is 10.9 Å². The Hall–Kier alpha value is -4.05. The minimum absolute atomic E-state index is 0.0462. The number of benzene rings is 2. The van der Waals surface area contributed by atoms with Crippen LogP contribution in [-0.2, 0) is 4.79 Å². The zero-order valence-electron chi connectivity index (χ0n) is 17.6. The molecule has 10 heteroatoms. The summed E-state index contributed by atoms with van der Waals surface area (Å²) in [5.41, 5.74) is 1.29. The second-order valence-corrected chi connectivity index (χ2v) is 7.71. The molecule has 9 nitrogen and oxygen atoms in total. The van der Waals surface area contributed by atoms with Crippen LogP contribution in [0, 0.1) is 0 Å². The van der Waals surface area contributed by atoms with Crippen molar-refractivity contribution in [3.63, 3.8) is 0 Å². The number of amides is 1. The van der Waals surface area contributed by atoms with E-state index in [1.807, 2.05) is 31.2 Å². The molecule has 2 aromatic heterocycles. The van der Waals surface area contributed by atoms with Crippen molar-refractivity contribution in [3.05, 3.63) is 72.5 Å². The number of aromatic carboxylic acids is 1. The molecule has 0 radical (unpaired) electrons. The van der Waals surface area contributed by atoms with Gasteiger partial charge in [0.2, 0.25) is 11.7 Å². The summed E-state index contributed by atoms with van der Waals surface area (Å²) in [6.45, 7) is 2.48. The van der Waals surface area contributed by atoms with Crippen molar-refractivity contribution >= 4 is 29.3 Å². The van der Waals surface area contributed by atoms with Crippen molar-refractivity contribution in [1.82, 2.24) is 14.8 Å². The number of carbonyl (C=O) groups is 2. The molecule has 0 aliphatic heterocycles. The maximum Gasteiger partial charge on any atom is 0.335 e. The van der Waals surface area contributed by atoms with Crippen LogP contribution in [0.15, 0.2) is 76.5 Å². The van der Waals surface area contributed by atoms with Crippen LogP contribution in [-0.4, -0.2) is 44.1 Å². The molecule has 0 fully saturated rings. The summed E-state index contributed by atoms with van der Waals surface area (Å²) in [5, 5.41) is 20.8. The predicted octanol–water partition coefficient (Wildman–Crippen LogP) is 4.36. The number of thioether (sulfide) groups is 1. The molecule has 2 N–H and O–H groups in total. The van der Waals surface area contributed by atoms with Gasteiger partial charge in [0.1, 0.15) is 5.75 Å². The molecule has 0 atom stereocenters. The molecule has 0 saturated heterocycles. The number of hydrogen-bond donors (Lipinski definition) is 2. The number of anilines is 1. The average molecular weight is 465 g/mol. The molecule has 0 spiro atoms. The van der Waals surface area contributed by atoms with Crippen molar-refractivity contribution in [2.24, 2.45) is 0 Å². The first-order valence-corrected chi connectivity index (χ1v) is 11.0. The summed E-state index contributed by atoms with van der Waals surface area (Å²) in [5.74, 6) is 0.466. The first kappa shape index (κ1) is 22.2. The fourth-order valence-corrected chi connectivity index (χ4v) is 3.83. The Morgan fingerprint density at radius 3 is 2.64 bits per heavy atom. The Balaban J connectivity index is 1.54. The third-order valence-electron chi connectivity index (χ3n) is 4.51. The monoisotopic (exact) mass is 464 g/mol. The molecular weight excluding hydrogens is 444 g/mol. The van der Waals surface area contributed by atoms with Gasteiger partial charge in [-0.2, -0.15) is 0 Å². The van der Waals surface area contributed by atoms with Gasteiger partial charge in [-0.25, -0.2) is 4.79 Å². The molecule has 1 amide bonds. The highest BCUT2D eigenvalue weighted by atomic mass is 32.2. The van der Waals surface area contributed by atoms with Gasteiger partial charge in [0.05, 0.1) is 29.9 Å². The van der Waals surface area contributed by atoms with Crippen molar-refractivity contribution in [2.45, 2.75) is 12.1 Å². The van der Waals surface area contributed by atoms with E-state index in [4.69, 9.17) is 14.3 Å². The summed E-state index contributed by atoms with van der Waals surface area (Å²) in [6, 6.07) is 17.1. The Kier molecular flexibility index (Phi) is 6.75. The summed E-state index contributed by atoms with van der Waals surface area (Å²) >= 11 is 1.20. The van der Waals surface area contributed by atoms with Gasteiger partial charge in [0, 0.05) is 5.69 Å². The number of furan rings is 1. The van der Waals surface area contributed by atoms with Gasteiger partial charge in [-0.3, -0.25) is 9.36 Å². The molecule has 4 rings (SSSR count). The Labute approximate surface area is 193 Å². The fraction of sp³-hybridized carbons (Fsp3) is 0.130. The maximum atomic E-state index is 12.5. The largest absolute Gasteiger partial charge is 0.494 e. The van der Waals surface area contributed by atoms with Gasteiger partial charge in [-0.1, -0.05) is 17.8 Å². The van der Waals surface area contributed by atoms with Crippen molar-refractivity contribution in [3.8, 4) is 23.0 Å². The quantitative estimate of drug-likeness (QED) is 0.351. The van der Waals surface area contributed by atoms with Gasteiger partial charge < -0.3 is 19.6 Å². The van der Waals surface area contributed by atoms with E-state index in [9.17, 15) is 9.59 Å². The second-order valence-electron chi connectivity index (χ2n) is 6.77. The highest BCUT2D eigenvalue weighted by Gasteiger charge is 2.19. The van der Waals surface area contributed by atoms with Gasteiger partial charge in [0.25, 0.3) is 0 Å². The Bertz CT molecular complexity index is 1250. The lowest BCUT2D eigenvalue weighted by molar-refractivity contribution is -0.113. The highest BCUT2D eigenvalue weighted by molar-refractivity contribution is 7.99. The SMILES string of the molecule is CCOc1ccc(-n2c(SCC(=O)Nc3cccc(C(=O)O)c3)nnc2-c2ccco2)cc1. The molecule has 0 aliphatic carbocycles. The molecule has 0 aliphatic rings. The predicted molar refractivity (Wildman–Crippen MR) is 123 cm³/mol.